The highest BCUT2D eigenvalue weighted by Crippen LogP contribution is 2.17. The van der Waals surface area contributed by atoms with Gasteiger partial charge in [-0.2, -0.15) is 10.4 Å². The van der Waals surface area contributed by atoms with E-state index in [0.29, 0.717) is 43.4 Å². The van der Waals surface area contributed by atoms with Crippen LogP contribution in [0.15, 0.2) is 24.4 Å². The van der Waals surface area contributed by atoms with Crippen LogP contribution in [0.2, 0.25) is 0 Å². The third-order valence-corrected chi connectivity index (χ3v) is 4.20. The average molecular weight is 324 g/mol. The molecule has 24 heavy (non-hydrogen) atoms. The summed E-state index contributed by atoms with van der Waals surface area (Å²) in [7, 11) is 0. The fourth-order valence-electron chi connectivity index (χ4n) is 2.70. The highest BCUT2D eigenvalue weighted by molar-refractivity contribution is 5.92. The molecule has 124 valence electrons. The molecule has 3 heterocycles. The van der Waals surface area contributed by atoms with Crippen LogP contribution in [-0.4, -0.2) is 52.2 Å². The van der Waals surface area contributed by atoms with Gasteiger partial charge in [-0.15, -0.1) is 0 Å². The van der Waals surface area contributed by atoms with Crippen molar-refractivity contribution in [3.63, 3.8) is 0 Å². The largest absolute Gasteiger partial charge is 0.353 e. The Hall–Kier alpha value is -2.88. The molecule has 0 bridgehead atoms. The van der Waals surface area contributed by atoms with Crippen LogP contribution in [0.1, 0.15) is 41.5 Å². The standard InChI is InChI=1S/C17H20N6O/c1-12(2)14-10-15(21-20-14)17(24)23-7-5-22(6-8-23)16-9-13(11-18)3-4-19-16/h3-4,9-10,12H,5-8H2,1-2H3,(H,20,21). The fraction of sp³-hybridized carbons (Fsp3) is 0.412. The van der Waals surface area contributed by atoms with Gasteiger partial charge in [-0.1, -0.05) is 13.8 Å². The Labute approximate surface area is 140 Å². The van der Waals surface area contributed by atoms with E-state index in [0.717, 1.165) is 11.5 Å². The van der Waals surface area contributed by atoms with E-state index in [1.165, 1.54) is 0 Å². The predicted molar refractivity (Wildman–Crippen MR) is 89.7 cm³/mol. The van der Waals surface area contributed by atoms with Gasteiger partial charge < -0.3 is 9.80 Å². The average Bonchev–Trinajstić information content (AvgIpc) is 3.12. The summed E-state index contributed by atoms with van der Waals surface area (Å²) in [4.78, 5) is 20.8. The van der Waals surface area contributed by atoms with Gasteiger partial charge in [-0.3, -0.25) is 9.89 Å². The molecule has 1 saturated heterocycles. The Morgan fingerprint density at radius 1 is 1.29 bits per heavy atom. The molecule has 0 spiro atoms. The number of carbonyl (C=O) groups excluding carboxylic acids is 1. The molecule has 3 rings (SSSR count). The second-order valence-corrected chi connectivity index (χ2v) is 6.16. The van der Waals surface area contributed by atoms with Gasteiger partial charge in [0.25, 0.3) is 5.91 Å². The second kappa shape index (κ2) is 6.71. The number of anilines is 1. The quantitative estimate of drug-likeness (QED) is 0.929. The van der Waals surface area contributed by atoms with Crippen molar-refractivity contribution in [1.29, 1.82) is 5.26 Å². The molecule has 0 saturated carbocycles. The Morgan fingerprint density at radius 3 is 2.67 bits per heavy atom. The Kier molecular flexibility index (Phi) is 4.47. The maximum Gasteiger partial charge on any atom is 0.274 e. The van der Waals surface area contributed by atoms with Crippen molar-refractivity contribution in [1.82, 2.24) is 20.1 Å². The number of nitrogens with one attached hydrogen (secondary N) is 1. The van der Waals surface area contributed by atoms with Crippen molar-refractivity contribution < 1.29 is 4.79 Å². The van der Waals surface area contributed by atoms with Gasteiger partial charge in [0, 0.05) is 38.1 Å². The number of aromatic nitrogens is 3. The first-order chi connectivity index (χ1) is 11.6. The monoisotopic (exact) mass is 324 g/mol. The lowest BCUT2D eigenvalue weighted by Crippen LogP contribution is -2.49. The number of nitrogens with zero attached hydrogens (tertiary/aromatic N) is 5. The van der Waals surface area contributed by atoms with E-state index in [-0.39, 0.29) is 5.91 Å². The molecule has 1 amide bonds. The minimum atomic E-state index is -0.0449. The summed E-state index contributed by atoms with van der Waals surface area (Å²) in [5, 5.41) is 16.0. The third kappa shape index (κ3) is 3.23. The van der Waals surface area contributed by atoms with E-state index < -0.39 is 0 Å². The van der Waals surface area contributed by atoms with E-state index in [1.54, 1.807) is 18.3 Å². The smallest absolute Gasteiger partial charge is 0.274 e. The first kappa shape index (κ1) is 16.0. The first-order valence-corrected chi connectivity index (χ1v) is 8.04. The molecule has 0 atom stereocenters. The maximum atomic E-state index is 12.5. The number of hydrogen-bond acceptors (Lipinski definition) is 5. The normalized spacial score (nSPS) is 14.8. The van der Waals surface area contributed by atoms with Gasteiger partial charge in [0.2, 0.25) is 0 Å². The molecule has 2 aromatic rings. The van der Waals surface area contributed by atoms with Crippen LogP contribution in [0, 0.1) is 11.3 Å². The molecule has 2 aromatic heterocycles. The summed E-state index contributed by atoms with van der Waals surface area (Å²) in [5.74, 6) is 1.05. The van der Waals surface area contributed by atoms with Crippen molar-refractivity contribution in [3.05, 3.63) is 41.3 Å². The summed E-state index contributed by atoms with van der Waals surface area (Å²) in [6.07, 6.45) is 1.64. The molecule has 1 aliphatic rings. The second-order valence-electron chi connectivity index (χ2n) is 6.16. The van der Waals surface area contributed by atoms with Crippen LogP contribution in [-0.2, 0) is 0 Å². The van der Waals surface area contributed by atoms with Gasteiger partial charge in [0.1, 0.15) is 11.5 Å². The highest BCUT2D eigenvalue weighted by atomic mass is 16.2. The molecule has 0 aliphatic carbocycles. The molecular weight excluding hydrogens is 304 g/mol. The summed E-state index contributed by atoms with van der Waals surface area (Å²) >= 11 is 0. The number of hydrogen-bond donors (Lipinski definition) is 1. The van der Waals surface area contributed by atoms with Gasteiger partial charge in [0.15, 0.2) is 0 Å². The Morgan fingerprint density at radius 2 is 2.04 bits per heavy atom. The zero-order chi connectivity index (χ0) is 17.1. The Bertz CT molecular complexity index is 767. The summed E-state index contributed by atoms with van der Waals surface area (Å²) in [6.45, 7) is 6.72. The van der Waals surface area contributed by atoms with Gasteiger partial charge in [-0.25, -0.2) is 4.98 Å². The fourth-order valence-corrected chi connectivity index (χ4v) is 2.70. The van der Waals surface area contributed by atoms with E-state index in [4.69, 9.17) is 5.26 Å². The third-order valence-electron chi connectivity index (χ3n) is 4.20. The lowest BCUT2D eigenvalue weighted by atomic mass is 10.1. The predicted octanol–water partition coefficient (Wildman–Crippen LogP) is 1.76. The van der Waals surface area contributed by atoms with Crippen LogP contribution < -0.4 is 4.90 Å². The van der Waals surface area contributed by atoms with Crippen LogP contribution >= 0.6 is 0 Å². The number of piperazine rings is 1. The van der Waals surface area contributed by atoms with Gasteiger partial charge in [0.05, 0.1) is 11.6 Å². The van der Waals surface area contributed by atoms with Crippen LogP contribution in [0.4, 0.5) is 5.82 Å². The molecule has 7 heteroatoms. The number of rotatable bonds is 3. The molecule has 7 nitrogen and oxygen atoms in total. The lowest BCUT2D eigenvalue weighted by Gasteiger charge is -2.35. The lowest BCUT2D eigenvalue weighted by molar-refractivity contribution is 0.0740. The number of aromatic amines is 1. The van der Waals surface area contributed by atoms with Gasteiger partial charge >= 0.3 is 0 Å². The van der Waals surface area contributed by atoms with Crippen LogP contribution in [0.3, 0.4) is 0 Å². The molecule has 1 fully saturated rings. The minimum Gasteiger partial charge on any atom is -0.353 e. The van der Waals surface area contributed by atoms with E-state index >= 15 is 0 Å². The van der Waals surface area contributed by atoms with Crippen LogP contribution in [0.25, 0.3) is 0 Å². The van der Waals surface area contributed by atoms with Gasteiger partial charge in [-0.05, 0) is 24.1 Å². The summed E-state index contributed by atoms with van der Waals surface area (Å²) < 4.78 is 0. The molecule has 0 unspecified atom stereocenters. The summed E-state index contributed by atoms with van der Waals surface area (Å²) in [6, 6.07) is 7.42. The van der Waals surface area contributed by atoms with Crippen molar-refractivity contribution >= 4 is 11.7 Å². The molecule has 1 aliphatic heterocycles. The minimum absolute atomic E-state index is 0.0449. The number of nitriles is 1. The Balaban J connectivity index is 1.63. The topological polar surface area (TPSA) is 88.9 Å². The number of carbonyl (C=O) groups is 1. The molecule has 1 N–H and O–H groups in total. The van der Waals surface area contributed by atoms with Crippen LogP contribution in [0.5, 0.6) is 0 Å². The SMILES string of the molecule is CC(C)c1cc(C(=O)N2CCN(c3cc(C#N)ccn3)CC2)n[nH]1. The molecule has 0 radical (unpaired) electrons. The number of amides is 1. The molecule has 0 aromatic carbocycles. The maximum absolute atomic E-state index is 12.5. The zero-order valence-corrected chi connectivity index (χ0v) is 13.9. The first-order valence-electron chi connectivity index (χ1n) is 8.04. The number of H-pyrrole nitrogens is 1. The van der Waals surface area contributed by atoms with Crippen molar-refractivity contribution in [2.45, 2.75) is 19.8 Å². The van der Waals surface area contributed by atoms with Crippen molar-refractivity contribution in [2.75, 3.05) is 31.1 Å². The van der Waals surface area contributed by atoms with E-state index in [1.807, 2.05) is 11.0 Å². The highest BCUT2D eigenvalue weighted by Gasteiger charge is 2.24. The number of pyridine rings is 1. The zero-order valence-electron chi connectivity index (χ0n) is 13.9. The van der Waals surface area contributed by atoms with Crippen molar-refractivity contribution in [2.24, 2.45) is 0 Å². The van der Waals surface area contributed by atoms with E-state index in [2.05, 4.69) is 40.0 Å². The van der Waals surface area contributed by atoms with Crippen molar-refractivity contribution in [3.8, 4) is 6.07 Å². The summed E-state index contributed by atoms with van der Waals surface area (Å²) in [5.41, 5.74) is 2.03. The molecular formula is C17H20N6O. The van der Waals surface area contributed by atoms with E-state index in [9.17, 15) is 4.79 Å².